The van der Waals surface area contributed by atoms with Gasteiger partial charge in [0.15, 0.2) is 0 Å². The van der Waals surface area contributed by atoms with Crippen LogP contribution in [0.5, 0.6) is 0 Å². The maximum atomic E-state index is 12.7. The van der Waals surface area contributed by atoms with E-state index in [1.165, 1.54) is 24.3 Å². The summed E-state index contributed by atoms with van der Waals surface area (Å²) in [6.07, 6.45) is -5.55. The fourth-order valence-corrected chi connectivity index (χ4v) is 2.52. The van der Waals surface area contributed by atoms with Crippen LogP contribution >= 0.6 is 11.6 Å². The van der Waals surface area contributed by atoms with Gasteiger partial charge in [-0.2, -0.15) is 13.2 Å². The molecule has 1 aromatic rings. The zero-order valence-electron chi connectivity index (χ0n) is 12.0. The highest BCUT2D eigenvalue weighted by Crippen LogP contribution is 2.30. The van der Waals surface area contributed by atoms with E-state index in [1.807, 2.05) is 0 Å². The molecule has 2 unspecified atom stereocenters. The van der Waals surface area contributed by atoms with Gasteiger partial charge in [0.05, 0.1) is 25.5 Å². The van der Waals surface area contributed by atoms with E-state index in [0.717, 1.165) is 0 Å². The lowest BCUT2D eigenvalue weighted by atomic mass is 10.0. The lowest BCUT2D eigenvalue weighted by Gasteiger charge is -2.21. The van der Waals surface area contributed by atoms with Crippen LogP contribution in [0.1, 0.15) is 30.9 Å². The Bertz CT molecular complexity index is 574. The number of hydrogen-bond acceptors (Lipinski definition) is 3. The molecule has 0 spiro atoms. The van der Waals surface area contributed by atoms with E-state index < -0.39 is 30.5 Å². The summed E-state index contributed by atoms with van der Waals surface area (Å²) in [5, 5.41) is 2.78. The third kappa shape index (κ3) is 5.74. The molecule has 1 aromatic carbocycles. The number of hydrogen-bond donors (Lipinski definition) is 1. The van der Waals surface area contributed by atoms with E-state index in [0.29, 0.717) is 10.6 Å². The van der Waals surface area contributed by atoms with Crippen molar-refractivity contribution in [3.63, 3.8) is 0 Å². The van der Waals surface area contributed by atoms with E-state index in [-0.39, 0.29) is 25.4 Å². The van der Waals surface area contributed by atoms with Gasteiger partial charge in [-0.15, -0.1) is 0 Å². The minimum absolute atomic E-state index is 0.0479. The molecule has 1 aliphatic heterocycles. The zero-order valence-corrected chi connectivity index (χ0v) is 12.8. The van der Waals surface area contributed by atoms with Crippen molar-refractivity contribution in [2.24, 2.45) is 5.92 Å². The van der Waals surface area contributed by atoms with E-state index in [2.05, 4.69) is 5.32 Å². The number of ether oxygens (including phenoxy) is 1. The molecule has 126 valence electrons. The monoisotopic (exact) mass is 349 g/mol. The Balaban J connectivity index is 2.03. The van der Waals surface area contributed by atoms with Crippen molar-refractivity contribution in [3.05, 3.63) is 34.9 Å². The number of carbonyl (C=O) groups is 2. The van der Waals surface area contributed by atoms with Crippen LogP contribution in [0.25, 0.3) is 0 Å². The van der Waals surface area contributed by atoms with E-state index >= 15 is 0 Å². The molecule has 1 aliphatic rings. The number of cyclic esters (lactones) is 1. The van der Waals surface area contributed by atoms with Crippen LogP contribution in [-0.2, 0) is 14.3 Å². The summed E-state index contributed by atoms with van der Waals surface area (Å²) in [6, 6.07) is 4.63. The van der Waals surface area contributed by atoms with Crippen LogP contribution in [0, 0.1) is 5.92 Å². The fraction of sp³-hybridized carbons (Fsp3) is 0.467. The Kier molecular flexibility index (Phi) is 5.51. The van der Waals surface area contributed by atoms with Crippen molar-refractivity contribution in [2.45, 2.75) is 31.5 Å². The molecule has 0 radical (unpaired) electrons. The second-order valence-corrected chi connectivity index (χ2v) is 5.88. The van der Waals surface area contributed by atoms with Crippen LogP contribution in [-0.4, -0.2) is 24.7 Å². The first-order valence-electron chi connectivity index (χ1n) is 7.00. The molecule has 2 atom stereocenters. The van der Waals surface area contributed by atoms with Gasteiger partial charge in [0, 0.05) is 17.4 Å². The van der Waals surface area contributed by atoms with Gasteiger partial charge in [0.2, 0.25) is 5.91 Å². The normalized spacial score (nSPS) is 19.3. The van der Waals surface area contributed by atoms with E-state index in [4.69, 9.17) is 16.3 Å². The first kappa shape index (κ1) is 17.6. The highest BCUT2D eigenvalue weighted by molar-refractivity contribution is 6.30. The van der Waals surface area contributed by atoms with Gasteiger partial charge in [-0.1, -0.05) is 23.7 Å². The third-order valence-corrected chi connectivity index (χ3v) is 3.70. The van der Waals surface area contributed by atoms with Gasteiger partial charge in [-0.3, -0.25) is 9.59 Å². The van der Waals surface area contributed by atoms with Crippen LogP contribution in [0.2, 0.25) is 5.02 Å². The largest absolute Gasteiger partial charge is 0.465 e. The maximum Gasteiger partial charge on any atom is 0.391 e. The van der Waals surface area contributed by atoms with Crippen molar-refractivity contribution in [1.82, 2.24) is 5.32 Å². The Morgan fingerprint density at radius 1 is 1.35 bits per heavy atom. The van der Waals surface area contributed by atoms with Crippen molar-refractivity contribution < 1.29 is 27.5 Å². The number of alkyl halides is 3. The number of benzene rings is 1. The molecule has 2 rings (SSSR count). The molecule has 0 aliphatic carbocycles. The van der Waals surface area contributed by atoms with Gasteiger partial charge in [0.25, 0.3) is 0 Å². The quantitative estimate of drug-likeness (QED) is 0.829. The van der Waals surface area contributed by atoms with E-state index in [1.54, 1.807) is 0 Å². The molecule has 1 amide bonds. The number of carbonyl (C=O) groups excluding carboxylic acids is 2. The highest BCUT2D eigenvalue weighted by atomic mass is 35.5. The van der Waals surface area contributed by atoms with Crippen LogP contribution < -0.4 is 5.32 Å². The maximum absolute atomic E-state index is 12.7. The first-order chi connectivity index (χ1) is 10.7. The molecular formula is C15H15ClF3NO3. The van der Waals surface area contributed by atoms with Crippen LogP contribution in [0.3, 0.4) is 0 Å². The molecule has 0 saturated carbocycles. The summed E-state index contributed by atoms with van der Waals surface area (Å²) in [5.41, 5.74) is 0.318. The van der Waals surface area contributed by atoms with Gasteiger partial charge in [-0.05, 0) is 17.7 Å². The lowest BCUT2D eigenvalue weighted by molar-refractivity contribution is -0.143. The fourth-order valence-electron chi connectivity index (χ4n) is 2.39. The summed E-state index contributed by atoms with van der Waals surface area (Å²) in [7, 11) is 0. The van der Waals surface area contributed by atoms with Crippen molar-refractivity contribution in [2.75, 3.05) is 6.61 Å². The van der Waals surface area contributed by atoms with Crippen molar-refractivity contribution in [3.8, 4) is 0 Å². The average Bonchev–Trinajstić information content (AvgIpc) is 2.82. The second kappa shape index (κ2) is 7.21. The Labute approximate surface area is 135 Å². The van der Waals surface area contributed by atoms with Crippen LogP contribution in [0.4, 0.5) is 13.2 Å². The molecule has 8 heteroatoms. The minimum Gasteiger partial charge on any atom is -0.465 e. The van der Waals surface area contributed by atoms with Crippen LogP contribution in [0.15, 0.2) is 24.3 Å². The highest BCUT2D eigenvalue weighted by Gasteiger charge is 2.34. The van der Waals surface area contributed by atoms with Crippen molar-refractivity contribution in [1.29, 1.82) is 0 Å². The standard InChI is InChI=1S/C15H15ClF3NO3/c16-11-3-1-10(2-4-11)12(7-15(17,18)19)20-13(21)5-9-6-14(22)23-8-9/h1-4,9,12H,5-8H2,(H,20,21). The lowest BCUT2D eigenvalue weighted by Crippen LogP contribution is -2.33. The molecule has 23 heavy (non-hydrogen) atoms. The Morgan fingerprint density at radius 2 is 2.00 bits per heavy atom. The molecule has 4 nitrogen and oxygen atoms in total. The molecule has 1 fully saturated rings. The summed E-state index contributed by atoms with van der Waals surface area (Å²) < 4.78 is 42.9. The molecule has 1 saturated heterocycles. The summed E-state index contributed by atoms with van der Waals surface area (Å²) in [6.45, 7) is 0.122. The number of esters is 1. The number of halogens is 4. The predicted molar refractivity (Wildman–Crippen MR) is 76.7 cm³/mol. The number of amides is 1. The second-order valence-electron chi connectivity index (χ2n) is 5.45. The van der Waals surface area contributed by atoms with Gasteiger partial charge < -0.3 is 10.1 Å². The number of nitrogens with one attached hydrogen (secondary N) is 1. The molecule has 0 aromatic heterocycles. The molecule has 1 heterocycles. The number of rotatable bonds is 5. The topological polar surface area (TPSA) is 55.4 Å². The van der Waals surface area contributed by atoms with Gasteiger partial charge in [-0.25, -0.2) is 0 Å². The van der Waals surface area contributed by atoms with Gasteiger partial charge in [0.1, 0.15) is 0 Å². The summed E-state index contributed by atoms with van der Waals surface area (Å²) >= 11 is 5.73. The molecule has 0 bridgehead atoms. The molecule has 1 N–H and O–H groups in total. The van der Waals surface area contributed by atoms with E-state index in [9.17, 15) is 22.8 Å². The summed E-state index contributed by atoms with van der Waals surface area (Å²) in [5.74, 6) is -1.23. The third-order valence-electron chi connectivity index (χ3n) is 3.45. The minimum atomic E-state index is -4.43. The smallest absolute Gasteiger partial charge is 0.391 e. The Hall–Kier alpha value is -1.76. The SMILES string of the molecule is O=C(CC1COC(=O)C1)NC(CC(F)(F)F)c1ccc(Cl)cc1. The molecular weight excluding hydrogens is 335 g/mol. The van der Waals surface area contributed by atoms with Crippen molar-refractivity contribution >= 4 is 23.5 Å². The predicted octanol–water partition coefficient (Wildman–Crippen LogP) is 3.40. The zero-order chi connectivity index (χ0) is 17.0. The first-order valence-corrected chi connectivity index (χ1v) is 7.38. The average molecular weight is 350 g/mol. The van der Waals surface area contributed by atoms with Gasteiger partial charge >= 0.3 is 12.1 Å². The summed E-state index contributed by atoms with van der Waals surface area (Å²) in [4.78, 5) is 23.0. The Morgan fingerprint density at radius 3 is 2.52 bits per heavy atom.